The Morgan fingerprint density at radius 2 is 2.39 bits per heavy atom. The zero-order valence-corrected chi connectivity index (χ0v) is 9.98. The standard InChI is InChI=1S/C11H15FN2O4/c1-7-4-14(10(17)13-9(7)16)8-2-3-11(5-12,6-15)18-8/h4,8,15H,2-3,5-6H2,1H3,(H,13,16,17)/t8-,11-/m1/s1. The second-order valence-electron chi connectivity index (χ2n) is 4.56. The maximum Gasteiger partial charge on any atom is 0.330 e. The molecule has 0 amide bonds. The van der Waals surface area contributed by atoms with Crippen molar-refractivity contribution in [2.24, 2.45) is 0 Å². The first-order valence-corrected chi connectivity index (χ1v) is 5.68. The van der Waals surface area contributed by atoms with Crippen LogP contribution in [0.3, 0.4) is 0 Å². The summed E-state index contributed by atoms with van der Waals surface area (Å²) in [4.78, 5) is 25.0. The van der Waals surface area contributed by atoms with Crippen LogP contribution in [0.1, 0.15) is 24.6 Å². The van der Waals surface area contributed by atoms with Crippen molar-refractivity contribution in [1.82, 2.24) is 9.55 Å². The van der Waals surface area contributed by atoms with Gasteiger partial charge in [-0.25, -0.2) is 9.18 Å². The van der Waals surface area contributed by atoms with Crippen molar-refractivity contribution in [3.63, 3.8) is 0 Å². The number of aryl methyl sites for hydroxylation is 1. The molecule has 0 aromatic carbocycles. The van der Waals surface area contributed by atoms with Crippen molar-refractivity contribution in [2.75, 3.05) is 13.3 Å². The molecule has 2 rings (SSSR count). The number of aliphatic hydroxyl groups is 1. The predicted molar refractivity (Wildman–Crippen MR) is 61.2 cm³/mol. The Hall–Kier alpha value is -1.47. The number of alkyl halides is 1. The van der Waals surface area contributed by atoms with Crippen LogP contribution in [0.25, 0.3) is 0 Å². The van der Waals surface area contributed by atoms with Gasteiger partial charge in [0, 0.05) is 11.8 Å². The summed E-state index contributed by atoms with van der Waals surface area (Å²) in [6.45, 7) is 0.326. The SMILES string of the molecule is Cc1cn([C@H]2CC[C@](CO)(CF)O2)c(=O)[nH]c1=O. The smallest absolute Gasteiger partial charge is 0.330 e. The van der Waals surface area contributed by atoms with Gasteiger partial charge in [-0.1, -0.05) is 0 Å². The third-order valence-corrected chi connectivity index (χ3v) is 3.22. The molecule has 1 aliphatic rings. The number of nitrogens with one attached hydrogen (secondary N) is 1. The van der Waals surface area contributed by atoms with Crippen LogP contribution in [-0.4, -0.2) is 33.5 Å². The van der Waals surface area contributed by atoms with E-state index in [9.17, 15) is 14.0 Å². The minimum atomic E-state index is -1.23. The summed E-state index contributed by atoms with van der Waals surface area (Å²) < 4.78 is 19.5. The number of hydrogen-bond acceptors (Lipinski definition) is 4. The first kappa shape index (κ1) is 13.0. The second-order valence-corrected chi connectivity index (χ2v) is 4.56. The third-order valence-electron chi connectivity index (χ3n) is 3.22. The van der Waals surface area contributed by atoms with Gasteiger partial charge in [0.05, 0.1) is 6.61 Å². The van der Waals surface area contributed by atoms with E-state index in [1.807, 2.05) is 0 Å². The normalized spacial score (nSPS) is 27.6. The van der Waals surface area contributed by atoms with Gasteiger partial charge < -0.3 is 9.84 Å². The summed E-state index contributed by atoms with van der Waals surface area (Å²) in [7, 11) is 0. The fourth-order valence-corrected chi connectivity index (χ4v) is 2.05. The Balaban J connectivity index is 2.33. The molecule has 0 bridgehead atoms. The summed E-state index contributed by atoms with van der Waals surface area (Å²) in [6, 6.07) is 0. The van der Waals surface area contributed by atoms with Gasteiger partial charge in [-0.15, -0.1) is 0 Å². The zero-order chi connectivity index (χ0) is 13.3. The van der Waals surface area contributed by atoms with E-state index in [4.69, 9.17) is 9.84 Å². The zero-order valence-electron chi connectivity index (χ0n) is 9.98. The summed E-state index contributed by atoms with van der Waals surface area (Å²) in [5, 5.41) is 9.14. The van der Waals surface area contributed by atoms with E-state index in [1.54, 1.807) is 6.92 Å². The lowest BCUT2D eigenvalue weighted by Crippen LogP contribution is -2.38. The highest BCUT2D eigenvalue weighted by atomic mass is 19.1. The Morgan fingerprint density at radius 1 is 1.67 bits per heavy atom. The van der Waals surface area contributed by atoms with E-state index >= 15 is 0 Å². The molecule has 6 nitrogen and oxygen atoms in total. The first-order valence-electron chi connectivity index (χ1n) is 5.68. The van der Waals surface area contributed by atoms with Gasteiger partial charge in [0.1, 0.15) is 18.5 Å². The second kappa shape index (κ2) is 4.66. The minimum absolute atomic E-state index is 0.329. The van der Waals surface area contributed by atoms with E-state index < -0.39 is 36.4 Å². The number of aliphatic hydroxyl groups excluding tert-OH is 1. The van der Waals surface area contributed by atoms with E-state index in [2.05, 4.69) is 4.98 Å². The molecular formula is C11H15FN2O4. The molecule has 2 atom stereocenters. The number of halogens is 1. The lowest BCUT2D eigenvalue weighted by Gasteiger charge is -2.24. The maximum atomic E-state index is 12.9. The number of nitrogens with zero attached hydrogens (tertiary/aromatic N) is 1. The van der Waals surface area contributed by atoms with Crippen LogP contribution in [0.2, 0.25) is 0 Å². The lowest BCUT2D eigenvalue weighted by atomic mass is 10.0. The van der Waals surface area contributed by atoms with Crippen LogP contribution in [0.5, 0.6) is 0 Å². The molecule has 1 aliphatic heterocycles. The molecule has 0 aliphatic carbocycles. The van der Waals surface area contributed by atoms with E-state index in [0.29, 0.717) is 18.4 Å². The van der Waals surface area contributed by atoms with E-state index in [1.165, 1.54) is 10.8 Å². The number of hydrogen-bond donors (Lipinski definition) is 2. The number of rotatable bonds is 3. The Bertz CT molecular complexity index is 547. The molecule has 0 saturated carbocycles. The highest BCUT2D eigenvalue weighted by molar-refractivity contribution is 5.02. The van der Waals surface area contributed by atoms with Crippen molar-refractivity contribution in [3.8, 4) is 0 Å². The van der Waals surface area contributed by atoms with Crippen LogP contribution in [0.15, 0.2) is 15.8 Å². The molecule has 0 spiro atoms. The molecule has 0 radical (unpaired) electrons. The van der Waals surface area contributed by atoms with Crippen molar-refractivity contribution >= 4 is 0 Å². The van der Waals surface area contributed by atoms with Crippen LogP contribution in [0, 0.1) is 6.92 Å². The van der Waals surface area contributed by atoms with Crippen LogP contribution in [-0.2, 0) is 4.74 Å². The van der Waals surface area contributed by atoms with Crippen molar-refractivity contribution in [1.29, 1.82) is 0 Å². The molecule has 18 heavy (non-hydrogen) atoms. The molecule has 1 aromatic heterocycles. The van der Waals surface area contributed by atoms with Crippen LogP contribution < -0.4 is 11.2 Å². The predicted octanol–water partition coefficient (Wildman–Crippen LogP) is -0.145. The number of aromatic amines is 1. The van der Waals surface area contributed by atoms with Gasteiger partial charge in [0.15, 0.2) is 0 Å². The fourth-order valence-electron chi connectivity index (χ4n) is 2.05. The Morgan fingerprint density at radius 3 is 2.94 bits per heavy atom. The lowest BCUT2D eigenvalue weighted by molar-refractivity contribution is -0.109. The first-order chi connectivity index (χ1) is 8.51. The van der Waals surface area contributed by atoms with Crippen molar-refractivity contribution in [2.45, 2.75) is 31.6 Å². The number of H-pyrrole nitrogens is 1. The fraction of sp³-hybridized carbons (Fsp3) is 0.636. The summed E-state index contributed by atoms with van der Waals surface area (Å²) >= 11 is 0. The summed E-state index contributed by atoms with van der Waals surface area (Å²) in [5.41, 5.74) is -1.90. The Kier molecular flexibility index (Phi) is 3.36. The molecule has 0 unspecified atom stereocenters. The molecule has 1 aromatic rings. The molecule has 100 valence electrons. The average molecular weight is 258 g/mol. The average Bonchev–Trinajstić information content (AvgIpc) is 2.79. The van der Waals surface area contributed by atoms with Gasteiger partial charge in [-0.2, -0.15) is 0 Å². The molecule has 2 N–H and O–H groups in total. The van der Waals surface area contributed by atoms with Gasteiger partial charge in [0.25, 0.3) is 5.56 Å². The minimum Gasteiger partial charge on any atom is -0.393 e. The summed E-state index contributed by atoms with van der Waals surface area (Å²) in [5.74, 6) is 0. The third kappa shape index (κ3) is 2.11. The Labute approximate surface area is 102 Å². The molecular weight excluding hydrogens is 243 g/mol. The highest BCUT2D eigenvalue weighted by Gasteiger charge is 2.41. The molecule has 7 heteroatoms. The molecule has 2 heterocycles. The largest absolute Gasteiger partial charge is 0.393 e. The molecule has 1 fully saturated rings. The van der Waals surface area contributed by atoms with Gasteiger partial charge >= 0.3 is 5.69 Å². The maximum absolute atomic E-state index is 12.9. The van der Waals surface area contributed by atoms with E-state index in [0.717, 1.165) is 0 Å². The van der Waals surface area contributed by atoms with Crippen LogP contribution >= 0.6 is 0 Å². The van der Waals surface area contributed by atoms with Gasteiger partial charge in [-0.3, -0.25) is 14.3 Å². The quantitative estimate of drug-likeness (QED) is 0.790. The topological polar surface area (TPSA) is 84.3 Å². The molecule has 1 saturated heterocycles. The van der Waals surface area contributed by atoms with Crippen molar-refractivity contribution in [3.05, 3.63) is 32.6 Å². The number of ether oxygens (including phenoxy) is 1. The summed E-state index contributed by atoms with van der Waals surface area (Å²) in [6.07, 6.45) is 1.47. The van der Waals surface area contributed by atoms with Crippen molar-refractivity contribution < 1.29 is 14.2 Å². The van der Waals surface area contributed by atoms with Gasteiger partial charge in [-0.05, 0) is 19.8 Å². The van der Waals surface area contributed by atoms with Crippen LogP contribution in [0.4, 0.5) is 4.39 Å². The van der Waals surface area contributed by atoms with E-state index in [-0.39, 0.29) is 0 Å². The number of aromatic nitrogens is 2. The highest BCUT2D eigenvalue weighted by Crippen LogP contribution is 2.35. The van der Waals surface area contributed by atoms with Gasteiger partial charge in [0.2, 0.25) is 0 Å². The monoisotopic (exact) mass is 258 g/mol.